The van der Waals surface area contributed by atoms with Gasteiger partial charge in [-0.15, -0.1) is 0 Å². The molecule has 0 saturated carbocycles. The lowest BCUT2D eigenvalue weighted by molar-refractivity contribution is 0.0296. The fourth-order valence-electron chi connectivity index (χ4n) is 3.72. The summed E-state index contributed by atoms with van der Waals surface area (Å²) in [4.78, 5) is 37.5. The number of ether oxygens (including phenoxy) is 3. The van der Waals surface area contributed by atoms with Crippen LogP contribution in [-0.2, 0) is 9.47 Å². The summed E-state index contributed by atoms with van der Waals surface area (Å²) in [5, 5.41) is 11.2. The Morgan fingerprint density at radius 2 is 1.67 bits per heavy atom. The number of carboxylic acid groups (broad SMARTS) is 1. The van der Waals surface area contributed by atoms with E-state index in [-0.39, 0.29) is 11.6 Å². The van der Waals surface area contributed by atoms with Crippen molar-refractivity contribution in [3.63, 3.8) is 0 Å². The lowest BCUT2D eigenvalue weighted by Gasteiger charge is -2.31. The van der Waals surface area contributed by atoms with Gasteiger partial charge in [-0.25, -0.2) is 14.8 Å². The molecule has 2 amide bonds. The number of amides is 2. The molecule has 2 aliphatic rings. The van der Waals surface area contributed by atoms with Crippen LogP contribution in [0.2, 0.25) is 0 Å². The molecule has 3 heterocycles. The van der Waals surface area contributed by atoms with Crippen molar-refractivity contribution in [1.29, 1.82) is 0 Å². The van der Waals surface area contributed by atoms with E-state index in [9.17, 15) is 9.59 Å². The van der Waals surface area contributed by atoms with E-state index in [4.69, 9.17) is 24.3 Å². The topological polar surface area (TPSA) is 126 Å². The molecular formula is C22H27N5O6. The number of carbonyl (C=O) groups is 2. The van der Waals surface area contributed by atoms with Crippen LogP contribution in [0, 0.1) is 0 Å². The molecule has 1 aromatic heterocycles. The van der Waals surface area contributed by atoms with Crippen molar-refractivity contribution in [3.05, 3.63) is 30.0 Å². The first kappa shape index (κ1) is 22.7. The molecule has 0 atom stereocenters. The molecule has 0 radical (unpaired) electrons. The molecule has 0 aliphatic carbocycles. The van der Waals surface area contributed by atoms with Crippen LogP contribution < -0.4 is 15.0 Å². The predicted molar refractivity (Wildman–Crippen MR) is 120 cm³/mol. The van der Waals surface area contributed by atoms with Gasteiger partial charge >= 0.3 is 6.09 Å². The second-order valence-electron chi connectivity index (χ2n) is 7.49. The monoisotopic (exact) mass is 457 g/mol. The number of hydrogen-bond acceptors (Lipinski definition) is 8. The van der Waals surface area contributed by atoms with Gasteiger partial charge in [0, 0.05) is 37.4 Å². The second kappa shape index (κ2) is 10.5. The third-order valence-electron chi connectivity index (χ3n) is 5.34. The van der Waals surface area contributed by atoms with Crippen LogP contribution in [0.15, 0.2) is 24.3 Å². The van der Waals surface area contributed by atoms with Crippen LogP contribution in [0.4, 0.5) is 16.3 Å². The van der Waals surface area contributed by atoms with Gasteiger partial charge in [0.15, 0.2) is 23.1 Å². The Hall–Kier alpha value is -3.44. The van der Waals surface area contributed by atoms with E-state index >= 15 is 0 Å². The van der Waals surface area contributed by atoms with Crippen molar-refractivity contribution in [3.8, 4) is 17.1 Å². The summed E-state index contributed by atoms with van der Waals surface area (Å²) < 4.78 is 16.8. The van der Waals surface area contributed by atoms with Gasteiger partial charge in [-0.05, 0) is 31.2 Å². The quantitative estimate of drug-likeness (QED) is 0.669. The summed E-state index contributed by atoms with van der Waals surface area (Å²) >= 11 is 0. The van der Waals surface area contributed by atoms with Gasteiger partial charge in [0.1, 0.15) is 0 Å². The summed E-state index contributed by atoms with van der Waals surface area (Å²) in [6.07, 6.45) is -1.15. The number of nitrogens with zero attached hydrogens (tertiary/aromatic N) is 4. The Bertz CT molecular complexity index is 988. The number of rotatable bonds is 6. The smallest absolute Gasteiger partial charge is 0.409 e. The highest BCUT2D eigenvalue weighted by Gasteiger charge is 2.30. The van der Waals surface area contributed by atoms with E-state index in [1.54, 1.807) is 29.2 Å². The molecule has 176 valence electrons. The maximum Gasteiger partial charge on any atom is 0.409 e. The van der Waals surface area contributed by atoms with E-state index in [0.29, 0.717) is 87.9 Å². The molecule has 33 heavy (non-hydrogen) atoms. The highest BCUT2D eigenvalue weighted by atomic mass is 16.5. The van der Waals surface area contributed by atoms with Crippen molar-refractivity contribution >= 4 is 23.5 Å². The second-order valence-corrected chi connectivity index (χ2v) is 7.49. The molecule has 2 saturated heterocycles. The standard InChI is InChI=1S/C22H27N5O6/c1-2-33-18-17(21(28)27-9-13-32-14-10-27)24-19(25-20(18)26-7-11-31-12-8-26)15-3-5-16(6-4-15)23-22(29)30/h3-6,23H,2,7-14H2,1H3,(H,29,30). The summed E-state index contributed by atoms with van der Waals surface area (Å²) in [5.74, 6) is 1.04. The van der Waals surface area contributed by atoms with Crippen LogP contribution in [-0.4, -0.2) is 91.2 Å². The molecule has 2 N–H and O–H groups in total. The molecule has 4 rings (SSSR count). The average Bonchev–Trinajstić information content (AvgIpc) is 2.85. The first-order valence-electron chi connectivity index (χ1n) is 10.9. The van der Waals surface area contributed by atoms with E-state index in [2.05, 4.69) is 10.3 Å². The lowest BCUT2D eigenvalue weighted by Crippen LogP contribution is -2.42. The molecule has 11 heteroatoms. The molecule has 0 bridgehead atoms. The van der Waals surface area contributed by atoms with Gasteiger partial charge < -0.3 is 29.1 Å². The predicted octanol–water partition coefficient (Wildman–Crippen LogP) is 1.94. The number of anilines is 2. The zero-order chi connectivity index (χ0) is 23.2. The molecule has 2 aliphatic heterocycles. The summed E-state index contributed by atoms with van der Waals surface area (Å²) in [6, 6.07) is 6.68. The van der Waals surface area contributed by atoms with Crippen LogP contribution in [0.1, 0.15) is 17.4 Å². The highest BCUT2D eigenvalue weighted by molar-refractivity contribution is 5.97. The first-order chi connectivity index (χ1) is 16.1. The van der Waals surface area contributed by atoms with Crippen molar-refractivity contribution in [2.45, 2.75) is 6.92 Å². The van der Waals surface area contributed by atoms with E-state index in [1.165, 1.54) is 0 Å². The summed E-state index contributed by atoms with van der Waals surface area (Å²) in [6.45, 7) is 6.45. The van der Waals surface area contributed by atoms with E-state index in [0.717, 1.165) is 0 Å². The molecule has 0 unspecified atom stereocenters. The summed E-state index contributed by atoms with van der Waals surface area (Å²) in [5.41, 5.74) is 1.28. The molecular weight excluding hydrogens is 430 g/mol. The molecule has 1 aromatic carbocycles. The van der Waals surface area contributed by atoms with Gasteiger partial charge in [-0.3, -0.25) is 10.1 Å². The fourth-order valence-corrected chi connectivity index (χ4v) is 3.72. The zero-order valence-electron chi connectivity index (χ0n) is 18.5. The number of benzene rings is 1. The fraction of sp³-hybridized carbons (Fsp3) is 0.455. The Morgan fingerprint density at radius 1 is 1.03 bits per heavy atom. The minimum absolute atomic E-state index is 0.206. The van der Waals surface area contributed by atoms with Crippen molar-refractivity contribution in [1.82, 2.24) is 14.9 Å². The van der Waals surface area contributed by atoms with Gasteiger partial charge in [0.05, 0.1) is 33.0 Å². The molecule has 0 spiro atoms. The highest BCUT2D eigenvalue weighted by Crippen LogP contribution is 2.34. The summed E-state index contributed by atoms with van der Waals surface area (Å²) in [7, 11) is 0. The third kappa shape index (κ3) is 5.32. The normalized spacial score (nSPS) is 16.4. The maximum atomic E-state index is 13.5. The van der Waals surface area contributed by atoms with Crippen molar-refractivity contribution in [2.24, 2.45) is 0 Å². The number of carbonyl (C=O) groups excluding carboxylic acids is 1. The van der Waals surface area contributed by atoms with Crippen molar-refractivity contribution in [2.75, 3.05) is 69.4 Å². The Kier molecular flexibility index (Phi) is 7.20. The SMILES string of the molecule is CCOc1c(C(=O)N2CCOCC2)nc(-c2ccc(NC(=O)O)cc2)nc1N1CCOCC1. The molecule has 2 aromatic rings. The Morgan fingerprint density at radius 3 is 2.27 bits per heavy atom. The Balaban J connectivity index is 1.78. The number of aromatic nitrogens is 2. The minimum Gasteiger partial charge on any atom is -0.488 e. The zero-order valence-corrected chi connectivity index (χ0v) is 18.5. The molecule has 11 nitrogen and oxygen atoms in total. The van der Waals surface area contributed by atoms with Gasteiger partial charge in [0.25, 0.3) is 5.91 Å². The number of morpholine rings is 2. The minimum atomic E-state index is -1.15. The first-order valence-corrected chi connectivity index (χ1v) is 10.9. The van der Waals surface area contributed by atoms with Gasteiger partial charge in [-0.1, -0.05) is 0 Å². The van der Waals surface area contributed by atoms with Crippen LogP contribution in [0.5, 0.6) is 5.75 Å². The van der Waals surface area contributed by atoms with Crippen LogP contribution in [0.25, 0.3) is 11.4 Å². The van der Waals surface area contributed by atoms with Crippen LogP contribution in [0.3, 0.4) is 0 Å². The van der Waals surface area contributed by atoms with E-state index in [1.807, 2.05) is 11.8 Å². The molecule has 2 fully saturated rings. The van der Waals surface area contributed by atoms with Crippen LogP contribution >= 0.6 is 0 Å². The maximum absolute atomic E-state index is 13.5. The van der Waals surface area contributed by atoms with E-state index < -0.39 is 6.09 Å². The van der Waals surface area contributed by atoms with Crippen molar-refractivity contribution < 1.29 is 28.9 Å². The van der Waals surface area contributed by atoms with Gasteiger partial charge in [0.2, 0.25) is 0 Å². The third-order valence-corrected chi connectivity index (χ3v) is 5.34. The average molecular weight is 457 g/mol. The number of nitrogens with one attached hydrogen (secondary N) is 1. The lowest BCUT2D eigenvalue weighted by atomic mass is 10.1. The Labute approximate surface area is 191 Å². The van der Waals surface area contributed by atoms with Gasteiger partial charge in [-0.2, -0.15) is 0 Å². The largest absolute Gasteiger partial charge is 0.488 e. The number of hydrogen-bond donors (Lipinski definition) is 2.